The molecule has 1 aromatic heterocycles. The van der Waals surface area contributed by atoms with E-state index >= 15 is 0 Å². The van der Waals surface area contributed by atoms with Crippen molar-refractivity contribution in [3.05, 3.63) is 46.2 Å². The van der Waals surface area contributed by atoms with Gasteiger partial charge in [-0.15, -0.1) is 0 Å². The summed E-state index contributed by atoms with van der Waals surface area (Å²) in [7, 11) is 3.95. The van der Waals surface area contributed by atoms with E-state index in [2.05, 4.69) is 36.5 Å². The summed E-state index contributed by atoms with van der Waals surface area (Å²) in [5, 5.41) is 6.69. The molecule has 1 aliphatic rings. The van der Waals surface area contributed by atoms with E-state index in [1.807, 2.05) is 56.3 Å². The maximum atomic E-state index is 12.4. The molecule has 0 spiro atoms. The molecule has 1 heterocycles. The predicted molar refractivity (Wildman–Crippen MR) is 112 cm³/mol. The van der Waals surface area contributed by atoms with Gasteiger partial charge in [0, 0.05) is 42.3 Å². The fraction of sp³-hybridized carbons (Fsp3) is 0.450. The van der Waals surface area contributed by atoms with Gasteiger partial charge in [0.1, 0.15) is 17.5 Å². The van der Waals surface area contributed by atoms with Gasteiger partial charge in [0.2, 0.25) is 0 Å². The molecule has 7 heteroatoms. The number of hydrogen-bond acceptors (Lipinski definition) is 5. The second kappa shape index (κ2) is 8.69. The minimum Gasteiger partial charge on any atom is -0.367 e. The third kappa shape index (κ3) is 5.42. The summed E-state index contributed by atoms with van der Waals surface area (Å²) in [6.45, 7) is 1.91. The number of aryl methyl sites for hydroxylation is 1. The molecule has 0 unspecified atom stereocenters. The third-order valence-electron chi connectivity index (χ3n) is 4.80. The van der Waals surface area contributed by atoms with E-state index in [1.54, 1.807) is 0 Å². The van der Waals surface area contributed by atoms with Gasteiger partial charge in [-0.3, -0.25) is 4.79 Å². The fourth-order valence-electron chi connectivity index (χ4n) is 3.32. The highest BCUT2D eigenvalue weighted by Gasteiger charge is 2.23. The third-order valence-corrected chi connectivity index (χ3v) is 5.33. The van der Waals surface area contributed by atoms with E-state index in [4.69, 9.17) is 0 Å². The van der Waals surface area contributed by atoms with Crippen molar-refractivity contribution in [1.29, 1.82) is 0 Å². The number of hydrogen-bond donors (Lipinski definition) is 2. The van der Waals surface area contributed by atoms with E-state index in [-0.39, 0.29) is 11.9 Å². The van der Waals surface area contributed by atoms with Crippen LogP contribution in [0.5, 0.6) is 0 Å². The van der Waals surface area contributed by atoms with Gasteiger partial charge in [-0.25, -0.2) is 9.97 Å². The molecule has 0 saturated heterocycles. The van der Waals surface area contributed by atoms with Gasteiger partial charge in [-0.05, 0) is 56.9 Å². The van der Waals surface area contributed by atoms with Crippen molar-refractivity contribution in [2.24, 2.45) is 0 Å². The number of halogens is 1. The van der Waals surface area contributed by atoms with Crippen LogP contribution in [0.1, 0.15) is 41.9 Å². The number of nitrogens with zero attached hydrogens (tertiary/aromatic N) is 3. The van der Waals surface area contributed by atoms with E-state index < -0.39 is 0 Å². The lowest BCUT2D eigenvalue weighted by molar-refractivity contribution is 0.0926. The molecular weight excluding hydrogens is 406 g/mol. The molecule has 0 radical (unpaired) electrons. The van der Waals surface area contributed by atoms with Crippen LogP contribution in [0.25, 0.3) is 0 Å². The van der Waals surface area contributed by atoms with Gasteiger partial charge >= 0.3 is 0 Å². The Labute approximate surface area is 168 Å². The van der Waals surface area contributed by atoms with E-state index in [9.17, 15) is 4.79 Å². The van der Waals surface area contributed by atoms with Crippen LogP contribution >= 0.6 is 15.9 Å². The highest BCUT2D eigenvalue weighted by molar-refractivity contribution is 9.10. The Hall–Kier alpha value is -2.15. The molecule has 1 amide bonds. The molecular formula is C20H26BrN5O. The molecule has 1 aliphatic carbocycles. The first-order chi connectivity index (χ1) is 12.9. The molecule has 27 heavy (non-hydrogen) atoms. The topological polar surface area (TPSA) is 70.2 Å². The second-order valence-electron chi connectivity index (χ2n) is 7.23. The first-order valence-electron chi connectivity index (χ1n) is 9.26. The van der Waals surface area contributed by atoms with Crippen LogP contribution in [0.3, 0.4) is 0 Å². The number of benzene rings is 1. The summed E-state index contributed by atoms with van der Waals surface area (Å²) in [5.41, 5.74) is 0.700. The zero-order valence-electron chi connectivity index (χ0n) is 16.0. The Morgan fingerprint density at radius 1 is 1.07 bits per heavy atom. The largest absolute Gasteiger partial charge is 0.367 e. The SMILES string of the molecule is Cc1nc(NC2CCC(NC(=O)c3ccc(Br)cc3)CC2)cc(N(C)C)n1. The monoisotopic (exact) mass is 431 g/mol. The predicted octanol–water partition coefficient (Wildman–Crippen LogP) is 3.77. The van der Waals surface area contributed by atoms with Crippen LogP contribution in [-0.4, -0.2) is 42.1 Å². The summed E-state index contributed by atoms with van der Waals surface area (Å²) < 4.78 is 0.975. The zero-order valence-corrected chi connectivity index (χ0v) is 17.6. The van der Waals surface area contributed by atoms with Crippen LogP contribution < -0.4 is 15.5 Å². The van der Waals surface area contributed by atoms with Gasteiger partial charge < -0.3 is 15.5 Å². The summed E-state index contributed by atoms with van der Waals surface area (Å²) in [6.07, 6.45) is 3.94. The summed E-state index contributed by atoms with van der Waals surface area (Å²) in [4.78, 5) is 23.3. The molecule has 0 aliphatic heterocycles. The van der Waals surface area contributed by atoms with Crippen molar-refractivity contribution in [3.8, 4) is 0 Å². The number of carbonyl (C=O) groups is 1. The minimum atomic E-state index is 0.000888. The first-order valence-corrected chi connectivity index (χ1v) is 10.1. The first kappa shape index (κ1) is 19.6. The van der Waals surface area contributed by atoms with Gasteiger partial charge in [0.05, 0.1) is 0 Å². The summed E-state index contributed by atoms with van der Waals surface area (Å²) in [6, 6.07) is 10.0. The molecule has 2 aromatic rings. The van der Waals surface area contributed by atoms with Crippen LogP contribution in [0, 0.1) is 6.92 Å². The molecule has 144 valence electrons. The lowest BCUT2D eigenvalue weighted by Crippen LogP contribution is -2.40. The highest BCUT2D eigenvalue weighted by atomic mass is 79.9. The standard InChI is InChI=1S/C20H26BrN5O/c1-13-22-18(12-19(23-13)26(2)3)24-16-8-10-17(11-9-16)25-20(27)14-4-6-15(21)7-5-14/h4-7,12,16-17H,8-11H2,1-3H3,(H,25,27)(H,22,23,24). The smallest absolute Gasteiger partial charge is 0.251 e. The number of carbonyl (C=O) groups excluding carboxylic acids is 1. The van der Waals surface area contributed by atoms with Crippen molar-refractivity contribution >= 4 is 33.5 Å². The number of rotatable bonds is 5. The molecule has 2 N–H and O–H groups in total. The quantitative estimate of drug-likeness (QED) is 0.753. The van der Waals surface area contributed by atoms with Crippen LogP contribution in [0.15, 0.2) is 34.8 Å². The molecule has 3 rings (SSSR count). The Morgan fingerprint density at radius 3 is 2.33 bits per heavy atom. The fourth-order valence-corrected chi connectivity index (χ4v) is 3.58. The number of nitrogens with one attached hydrogen (secondary N) is 2. The van der Waals surface area contributed by atoms with Crippen molar-refractivity contribution in [3.63, 3.8) is 0 Å². The Morgan fingerprint density at radius 2 is 1.70 bits per heavy atom. The number of anilines is 2. The van der Waals surface area contributed by atoms with Crippen molar-refractivity contribution in [2.75, 3.05) is 24.3 Å². The Balaban J connectivity index is 1.52. The zero-order chi connectivity index (χ0) is 19.4. The van der Waals surface area contributed by atoms with Gasteiger partial charge in [0.15, 0.2) is 0 Å². The van der Waals surface area contributed by atoms with Crippen LogP contribution in [-0.2, 0) is 0 Å². The normalized spacial score (nSPS) is 19.4. The second-order valence-corrected chi connectivity index (χ2v) is 8.14. The Bertz CT molecular complexity index is 785. The lowest BCUT2D eigenvalue weighted by atomic mass is 9.91. The van der Waals surface area contributed by atoms with Gasteiger partial charge in [-0.2, -0.15) is 0 Å². The number of aromatic nitrogens is 2. The maximum absolute atomic E-state index is 12.4. The molecule has 0 bridgehead atoms. The molecule has 1 saturated carbocycles. The van der Waals surface area contributed by atoms with Crippen LogP contribution in [0.2, 0.25) is 0 Å². The molecule has 0 atom stereocenters. The van der Waals surface area contributed by atoms with Gasteiger partial charge in [-0.1, -0.05) is 15.9 Å². The average molecular weight is 432 g/mol. The average Bonchev–Trinajstić information content (AvgIpc) is 2.63. The minimum absolute atomic E-state index is 0.000888. The Kier molecular flexibility index (Phi) is 6.31. The number of amides is 1. The maximum Gasteiger partial charge on any atom is 0.251 e. The van der Waals surface area contributed by atoms with Crippen molar-refractivity contribution < 1.29 is 4.79 Å². The van der Waals surface area contributed by atoms with E-state index in [0.717, 1.165) is 47.6 Å². The summed E-state index contributed by atoms with van der Waals surface area (Å²) >= 11 is 3.39. The van der Waals surface area contributed by atoms with E-state index in [1.165, 1.54) is 0 Å². The molecule has 6 nitrogen and oxygen atoms in total. The van der Waals surface area contributed by atoms with Crippen molar-refractivity contribution in [1.82, 2.24) is 15.3 Å². The van der Waals surface area contributed by atoms with E-state index in [0.29, 0.717) is 11.6 Å². The highest BCUT2D eigenvalue weighted by Crippen LogP contribution is 2.23. The lowest BCUT2D eigenvalue weighted by Gasteiger charge is -2.30. The van der Waals surface area contributed by atoms with Gasteiger partial charge in [0.25, 0.3) is 5.91 Å². The molecule has 1 aromatic carbocycles. The molecule has 1 fully saturated rings. The van der Waals surface area contributed by atoms with Crippen molar-refractivity contribution in [2.45, 2.75) is 44.7 Å². The van der Waals surface area contributed by atoms with Crippen LogP contribution in [0.4, 0.5) is 11.6 Å². The summed E-state index contributed by atoms with van der Waals surface area (Å²) in [5.74, 6) is 2.54.